The van der Waals surface area contributed by atoms with Crippen molar-refractivity contribution in [3.8, 4) is 5.75 Å². The number of fused-ring (bicyclic) bond motifs is 2. The van der Waals surface area contributed by atoms with E-state index < -0.39 is 0 Å². The molecule has 0 amide bonds. The molecule has 2 heterocycles. The molecule has 0 unspecified atom stereocenters. The Bertz CT molecular complexity index is 924. The van der Waals surface area contributed by atoms with E-state index in [4.69, 9.17) is 4.74 Å². The smallest absolute Gasteiger partial charge is 0.325 e. The number of unbranched alkanes of at least 4 members (excludes halogenated alkanes) is 1. The maximum Gasteiger partial charge on any atom is 0.325 e. The third kappa shape index (κ3) is 4.07. The van der Waals surface area contributed by atoms with Gasteiger partial charge in [-0.3, -0.25) is 4.98 Å². The molecule has 1 saturated carbocycles. The molecule has 1 aliphatic carbocycles. The summed E-state index contributed by atoms with van der Waals surface area (Å²) in [6.07, 6.45) is 9.00. The van der Waals surface area contributed by atoms with Gasteiger partial charge < -0.3 is 15.0 Å². The molecule has 26 heavy (non-hydrogen) atoms. The maximum absolute atomic E-state index is 11.4. The summed E-state index contributed by atoms with van der Waals surface area (Å²) in [4.78, 5) is 21.3. The van der Waals surface area contributed by atoms with E-state index in [1.165, 1.54) is 32.1 Å². The SMILES string of the molecule is O=c1[nH]c2cc3cc(OCCCCNC4CCCCC4)ccc3nc2[nH]1. The molecule has 1 fully saturated rings. The minimum atomic E-state index is -0.235. The minimum Gasteiger partial charge on any atom is -0.494 e. The van der Waals surface area contributed by atoms with E-state index in [2.05, 4.69) is 20.3 Å². The second kappa shape index (κ2) is 7.91. The van der Waals surface area contributed by atoms with Crippen molar-refractivity contribution in [3.05, 3.63) is 34.7 Å². The average Bonchev–Trinajstić information content (AvgIpc) is 3.02. The first-order chi connectivity index (χ1) is 12.8. The summed E-state index contributed by atoms with van der Waals surface area (Å²) in [7, 11) is 0. The van der Waals surface area contributed by atoms with E-state index in [-0.39, 0.29) is 5.69 Å². The number of nitrogens with zero attached hydrogens (tertiary/aromatic N) is 1. The second-order valence-corrected chi connectivity index (χ2v) is 7.16. The number of pyridine rings is 1. The number of aromatic nitrogens is 3. The third-order valence-corrected chi connectivity index (χ3v) is 5.14. The van der Waals surface area contributed by atoms with Crippen molar-refractivity contribution in [1.82, 2.24) is 20.3 Å². The maximum atomic E-state index is 11.4. The van der Waals surface area contributed by atoms with Gasteiger partial charge in [-0.25, -0.2) is 9.78 Å². The predicted octanol–water partition coefficient (Wildman–Crippen LogP) is 3.49. The molecule has 0 radical (unpaired) electrons. The van der Waals surface area contributed by atoms with Crippen molar-refractivity contribution >= 4 is 22.1 Å². The van der Waals surface area contributed by atoms with Crippen LogP contribution in [0.4, 0.5) is 0 Å². The molecule has 6 nitrogen and oxygen atoms in total. The highest BCUT2D eigenvalue weighted by Gasteiger charge is 2.11. The van der Waals surface area contributed by atoms with E-state index in [1.54, 1.807) is 0 Å². The fourth-order valence-corrected chi connectivity index (χ4v) is 3.73. The molecule has 2 aromatic heterocycles. The van der Waals surface area contributed by atoms with Crippen LogP contribution in [0.1, 0.15) is 44.9 Å². The van der Waals surface area contributed by atoms with Gasteiger partial charge in [-0.15, -0.1) is 0 Å². The van der Waals surface area contributed by atoms with Gasteiger partial charge in [0.25, 0.3) is 0 Å². The number of ether oxygens (including phenoxy) is 1. The Kier molecular flexibility index (Phi) is 5.20. The summed E-state index contributed by atoms with van der Waals surface area (Å²) < 4.78 is 5.89. The number of nitrogens with one attached hydrogen (secondary N) is 3. The average molecular weight is 354 g/mol. The quantitative estimate of drug-likeness (QED) is 0.567. The van der Waals surface area contributed by atoms with Crippen LogP contribution in [0.3, 0.4) is 0 Å². The van der Waals surface area contributed by atoms with E-state index in [1.807, 2.05) is 24.3 Å². The highest BCUT2D eigenvalue weighted by atomic mass is 16.5. The van der Waals surface area contributed by atoms with Gasteiger partial charge in [0, 0.05) is 11.4 Å². The largest absolute Gasteiger partial charge is 0.494 e. The monoisotopic (exact) mass is 354 g/mol. The Morgan fingerprint density at radius 2 is 2.00 bits per heavy atom. The Hall–Kier alpha value is -2.34. The molecule has 1 aliphatic rings. The molecule has 0 spiro atoms. The van der Waals surface area contributed by atoms with Gasteiger partial charge >= 0.3 is 5.69 Å². The number of aromatic amines is 2. The number of hydrogen-bond acceptors (Lipinski definition) is 4. The van der Waals surface area contributed by atoms with Gasteiger partial charge in [0.1, 0.15) is 5.75 Å². The normalized spacial score (nSPS) is 15.7. The first-order valence-electron chi connectivity index (χ1n) is 9.67. The lowest BCUT2D eigenvalue weighted by atomic mass is 9.95. The van der Waals surface area contributed by atoms with E-state index in [0.29, 0.717) is 17.8 Å². The van der Waals surface area contributed by atoms with Crippen LogP contribution < -0.4 is 15.7 Å². The summed E-state index contributed by atoms with van der Waals surface area (Å²) in [5.41, 5.74) is 1.91. The standard InChI is InChI=1S/C20H26N4O2/c25-20-23-18-13-14-12-16(8-9-17(14)22-19(18)24-20)26-11-5-4-10-21-15-6-2-1-3-7-15/h8-9,12-13,15,21H,1-7,10-11H2,(H2,22,23,24,25). The number of imidazole rings is 1. The number of benzene rings is 1. The second-order valence-electron chi connectivity index (χ2n) is 7.16. The van der Waals surface area contributed by atoms with Crippen LogP contribution in [-0.4, -0.2) is 34.1 Å². The zero-order valence-corrected chi connectivity index (χ0v) is 15.0. The highest BCUT2D eigenvalue weighted by molar-refractivity contribution is 5.89. The van der Waals surface area contributed by atoms with Crippen molar-refractivity contribution in [2.75, 3.05) is 13.2 Å². The molecule has 0 bridgehead atoms. The zero-order valence-electron chi connectivity index (χ0n) is 15.0. The van der Waals surface area contributed by atoms with Crippen molar-refractivity contribution in [3.63, 3.8) is 0 Å². The fraction of sp³-hybridized carbons (Fsp3) is 0.500. The van der Waals surface area contributed by atoms with Gasteiger partial charge in [0.05, 0.1) is 17.6 Å². The van der Waals surface area contributed by atoms with Gasteiger partial charge in [0.15, 0.2) is 5.65 Å². The third-order valence-electron chi connectivity index (χ3n) is 5.14. The van der Waals surface area contributed by atoms with Crippen molar-refractivity contribution in [2.45, 2.75) is 51.0 Å². The van der Waals surface area contributed by atoms with Crippen LogP contribution >= 0.6 is 0 Å². The topological polar surface area (TPSA) is 82.8 Å². The van der Waals surface area contributed by atoms with E-state index >= 15 is 0 Å². The van der Waals surface area contributed by atoms with Crippen LogP contribution in [0.25, 0.3) is 22.1 Å². The summed E-state index contributed by atoms with van der Waals surface area (Å²) >= 11 is 0. The predicted molar refractivity (Wildman–Crippen MR) is 104 cm³/mol. The lowest BCUT2D eigenvalue weighted by molar-refractivity contribution is 0.301. The first kappa shape index (κ1) is 17.1. The van der Waals surface area contributed by atoms with Gasteiger partial charge in [0.2, 0.25) is 0 Å². The Morgan fingerprint density at radius 1 is 1.12 bits per heavy atom. The summed E-state index contributed by atoms with van der Waals surface area (Å²) in [6.45, 7) is 1.79. The first-order valence-corrected chi connectivity index (χ1v) is 9.67. The molecule has 3 N–H and O–H groups in total. The molecular formula is C20H26N4O2. The fourth-order valence-electron chi connectivity index (χ4n) is 3.73. The number of H-pyrrole nitrogens is 2. The Balaban J connectivity index is 1.27. The minimum absolute atomic E-state index is 0.235. The Morgan fingerprint density at radius 3 is 2.88 bits per heavy atom. The van der Waals surface area contributed by atoms with Crippen LogP contribution in [0.5, 0.6) is 5.75 Å². The van der Waals surface area contributed by atoms with Crippen LogP contribution in [0.2, 0.25) is 0 Å². The summed E-state index contributed by atoms with van der Waals surface area (Å²) in [6, 6.07) is 8.50. The Labute approximate surface area is 152 Å². The molecule has 0 atom stereocenters. The van der Waals surface area contributed by atoms with Crippen molar-refractivity contribution < 1.29 is 4.74 Å². The van der Waals surface area contributed by atoms with Gasteiger partial charge in [-0.05, 0) is 56.5 Å². The molecular weight excluding hydrogens is 328 g/mol. The number of hydrogen-bond donors (Lipinski definition) is 3. The van der Waals surface area contributed by atoms with Crippen LogP contribution in [-0.2, 0) is 0 Å². The lowest BCUT2D eigenvalue weighted by Gasteiger charge is -2.22. The lowest BCUT2D eigenvalue weighted by Crippen LogP contribution is -2.31. The molecule has 0 aliphatic heterocycles. The molecule has 3 aromatic rings. The number of rotatable bonds is 7. The molecule has 1 aromatic carbocycles. The van der Waals surface area contributed by atoms with E-state index in [9.17, 15) is 4.79 Å². The summed E-state index contributed by atoms with van der Waals surface area (Å²) in [5, 5.41) is 4.63. The van der Waals surface area contributed by atoms with E-state index in [0.717, 1.165) is 42.1 Å². The molecule has 6 heteroatoms. The van der Waals surface area contributed by atoms with Crippen LogP contribution in [0, 0.1) is 0 Å². The van der Waals surface area contributed by atoms with Crippen molar-refractivity contribution in [1.29, 1.82) is 0 Å². The molecule has 4 rings (SSSR count). The molecule has 0 saturated heterocycles. The highest BCUT2D eigenvalue weighted by Crippen LogP contribution is 2.22. The molecule has 138 valence electrons. The summed E-state index contributed by atoms with van der Waals surface area (Å²) in [5.74, 6) is 0.844. The van der Waals surface area contributed by atoms with Crippen LogP contribution in [0.15, 0.2) is 29.1 Å². The van der Waals surface area contributed by atoms with Crippen molar-refractivity contribution in [2.24, 2.45) is 0 Å². The zero-order chi connectivity index (χ0) is 17.8. The van der Waals surface area contributed by atoms with Gasteiger partial charge in [-0.2, -0.15) is 0 Å². The van der Waals surface area contributed by atoms with Gasteiger partial charge in [-0.1, -0.05) is 19.3 Å².